The molecule has 0 radical (unpaired) electrons. The first-order valence-corrected chi connectivity index (χ1v) is 3.43. The number of fused-ring (bicyclic) bond motifs is 2. The molecule has 54 valence electrons. The molecule has 1 aromatic heterocycles. The minimum Gasteiger partial charge on any atom is -0.485 e. The Hall–Kier alpha value is -1.51. The van der Waals surface area contributed by atoms with Gasteiger partial charge in [0.15, 0.2) is 11.5 Å². The zero-order chi connectivity index (χ0) is 7.26. The van der Waals surface area contributed by atoms with Gasteiger partial charge in [-0.2, -0.15) is 0 Å². The molecule has 3 heterocycles. The lowest BCUT2D eigenvalue weighted by Crippen LogP contribution is -1.99. The number of rotatable bonds is 0. The summed E-state index contributed by atoms with van der Waals surface area (Å²) in [6.45, 7) is 0.576. The fraction of sp³-hybridized carbons (Fsp3) is 0.125. The molecule has 0 N–H and O–H groups in total. The van der Waals surface area contributed by atoms with Crippen molar-refractivity contribution in [3.63, 3.8) is 0 Å². The third kappa shape index (κ3) is 0.596. The predicted octanol–water partition coefficient (Wildman–Crippen LogP) is 1.17. The summed E-state index contributed by atoms with van der Waals surface area (Å²) >= 11 is 0. The van der Waals surface area contributed by atoms with Crippen LogP contribution < -0.4 is 4.74 Å². The quantitative estimate of drug-likeness (QED) is 0.552. The SMILES string of the molecule is c1cc2c(cn1)C1=C(CO2)O1. The molecule has 0 spiro atoms. The van der Waals surface area contributed by atoms with Gasteiger partial charge in [-0.3, -0.25) is 4.98 Å². The van der Waals surface area contributed by atoms with Crippen LogP contribution in [0.1, 0.15) is 5.56 Å². The van der Waals surface area contributed by atoms with Crippen LogP contribution in [0.25, 0.3) is 5.76 Å². The molecular formula is C8H5NO2. The van der Waals surface area contributed by atoms with Crippen LogP contribution in [0.3, 0.4) is 0 Å². The number of hydrogen-bond acceptors (Lipinski definition) is 3. The lowest BCUT2D eigenvalue weighted by molar-refractivity contribution is 0.325. The molecule has 3 heteroatoms. The lowest BCUT2D eigenvalue weighted by Gasteiger charge is -2.05. The Balaban J connectivity index is 2.25. The first kappa shape index (κ1) is 5.18. The second-order valence-corrected chi connectivity index (χ2v) is 2.51. The second kappa shape index (κ2) is 1.56. The molecule has 0 unspecified atom stereocenters. The van der Waals surface area contributed by atoms with Gasteiger partial charge in [0.2, 0.25) is 0 Å². The number of pyridine rings is 1. The molecule has 11 heavy (non-hydrogen) atoms. The van der Waals surface area contributed by atoms with E-state index in [4.69, 9.17) is 9.47 Å². The van der Waals surface area contributed by atoms with E-state index in [1.165, 1.54) is 0 Å². The summed E-state index contributed by atoms with van der Waals surface area (Å²) in [5.74, 6) is 2.78. The average Bonchev–Trinajstić information content (AvgIpc) is 2.83. The Bertz CT molecular complexity index is 357. The average molecular weight is 147 g/mol. The van der Waals surface area contributed by atoms with Gasteiger partial charge in [-0.15, -0.1) is 0 Å². The van der Waals surface area contributed by atoms with Gasteiger partial charge in [-0.1, -0.05) is 0 Å². The maximum atomic E-state index is 5.35. The minimum absolute atomic E-state index is 0.576. The number of nitrogens with zero attached hydrogens (tertiary/aromatic N) is 1. The summed E-state index contributed by atoms with van der Waals surface area (Å²) in [6.07, 6.45) is 3.48. The van der Waals surface area contributed by atoms with Crippen LogP contribution in [-0.2, 0) is 4.74 Å². The summed E-state index contributed by atoms with van der Waals surface area (Å²) in [4.78, 5) is 3.98. The van der Waals surface area contributed by atoms with Crippen molar-refractivity contribution in [1.29, 1.82) is 0 Å². The largest absolute Gasteiger partial charge is 0.485 e. The molecule has 0 aromatic carbocycles. The second-order valence-electron chi connectivity index (χ2n) is 2.51. The Morgan fingerprint density at radius 3 is 3.45 bits per heavy atom. The molecule has 3 rings (SSSR count). The van der Waals surface area contributed by atoms with Gasteiger partial charge >= 0.3 is 0 Å². The van der Waals surface area contributed by atoms with Crippen molar-refractivity contribution in [3.8, 4) is 5.75 Å². The first-order valence-electron chi connectivity index (χ1n) is 3.43. The van der Waals surface area contributed by atoms with Gasteiger partial charge in [0.05, 0.1) is 5.56 Å². The van der Waals surface area contributed by atoms with E-state index in [9.17, 15) is 0 Å². The van der Waals surface area contributed by atoms with E-state index in [1.807, 2.05) is 6.07 Å². The van der Waals surface area contributed by atoms with Crippen molar-refractivity contribution >= 4 is 5.76 Å². The fourth-order valence-electron chi connectivity index (χ4n) is 1.22. The predicted molar refractivity (Wildman–Crippen MR) is 37.7 cm³/mol. The highest BCUT2D eigenvalue weighted by Gasteiger charge is 2.34. The van der Waals surface area contributed by atoms with Crippen LogP contribution in [0.5, 0.6) is 5.75 Å². The molecule has 2 aliphatic rings. The number of hydrogen-bond donors (Lipinski definition) is 0. The van der Waals surface area contributed by atoms with Crippen molar-refractivity contribution in [1.82, 2.24) is 4.98 Å². The van der Waals surface area contributed by atoms with Crippen molar-refractivity contribution in [2.75, 3.05) is 6.61 Å². The summed E-state index contributed by atoms with van der Waals surface area (Å²) in [7, 11) is 0. The summed E-state index contributed by atoms with van der Waals surface area (Å²) in [5.41, 5.74) is 0.980. The molecule has 0 amide bonds. The maximum Gasteiger partial charge on any atom is 0.185 e. The summed E-state index contributed by atoms with van der Waals surface area (Å²) in [6, 6.07) is 1.85. The van der Waals surface area contributed by atoms with E-state index >= 15 is 0 Å². The monoisotopic (exact) mass is 147 g/mol. The van der Waals surface area contributed by atoms with Crippen LogP contribution in [0.15, 0.2) is 24.2 Å². The molecular weight excluding hydrogens is 142 g/mol. The van der Waals surface area contributed by atoms with E-state index in [0.717, 1.165) is 22.8 Å². The molecule has 0 saturated heterocycles. The zero-order valence-electron chi connectivity index (χ0n) is 5.70. The van der Waals surface area contributed by atoms with Crippen LogP contribution in [0, 0.1) is 0 Å². The highest BCUT2D eigenvalue weighted by molar-refractivity contribution is 5.76. The molecule has 0 saturated carbocycles. The molecule has 3 nitrogen and oxygen atoms in total. The molecule has 1 aromatic rings. The normalized spacial score (nSPS) is 17.8. The Labute approximate surface area is 63.3 Å². The maximum absolute atomic E-state index is 5.35. The van der Waals surface area contributed by atoms with Crippen LogP contribution >= 0.6 is 0 Å². The Morgan fingerprint density at radius 2 is 2.45 bits per heavy atom. The molecule has 0 fully saturated rings. The van der Waals surface area contributed by atoms with E-state index in [2.05, 4.69) is 4.98 Å². The lowest BCUT2D eigenvalue weighted by atomic mass is 10.2. The van der Waals surface area contributed by atoms with Crippen LogP contribution in [0.4, 0.5) is 0 Å². The third-order valence-corrected chi connectivity index (χ3v) is 1.82. The molecule has 0 bridgehead atoms. The standard InChI is InChI=1S/C8H5NO2/c1-2-9-3-5-6(1)10-4-7-8(5)11-7/h1-3H,4H2. The smallest absolute Gasteiger partial charge is 0.185 e. The van der Waals surface area contributed by atoms with Gasteiger partial charge in [-0.05, 0) is 6.07 Å². The Kier molecular flexibility index (Phi) is 0.733. The Morgan fingerprint density at radius 1 is 1.45 bits per heavy atom. The summed E-state index contributed by atoms with van der Waals surface area (Å²) in [5, 5.41) is 0. The van der Waals surface area contributed by atoms with E-state index in [0.29, 0.717) is 6.61 Å². The van der Waals surface area contributed by atoms with Gasteiger partial charge in [-0.25, -0.2) is 0 Å². The minimum atomic E-state index is 0.576. The van der Waals surface area contributed by atoms with Gasteiger partial charge in [0, 0.05) is 12.4 Å². The first-order chi connectivity index (χ1) is 5.45. The van der Waals surface area contributed by atoms with Crippen molar-refractivity contribution < 1.29 is 9.47 Å². The fourth-order valence-corrected chi connectivity index (χ4v) is 1.22. The highest BCUT2D eigenvalue weighted by Crippen LogP contribution is 2.43. The third-order valence-electron chi connectivity index (χ3n) is 1.82. The van der Waals surface area contributed by atoms with Crippen molar-refractivity contribution in [2.45, 2.75) is 0 Å². The topological polar surface area (TPSA) is 34.6 Å². The van der Waals surface area contributed by atoms with E-state index in [1.54, 1.807) is 12.4 Å². The molecule has 2 aliphatic heterocycles. The van der Waals surface area contributed by atoms with Crippen LogP contribution in [0.2, 0.25) is 0 Å². The van der Waals surface area contributed by atoms with Gasteiger partial charge < -0.3 is 9.47 Å². The van der Waals surface area contributed by atoms with Gasteiger partial charge in [0.25, 0.3) is 0 Å². The number of aromatic nitrogens is 1. The van der Waals surface area contributed by atoms with E-state index < -0.39 is 0 Å². The van der Waals surface area contributed by atoms with Gasteiger partial charge in [0.1, 0.15) is 12.4 Å². The van der Waals surface area contributed by atoms with Crippen molar-refractivity contribution in [3.05, 3.63) is 29.8 Å². The molecule has 0 aliphatic carbocycles. The number of ether oxygens (including phenoxy) is 2. The van der Waals surface area contributed by atoms with Crippen molar-refractivity contribution in [2.24, 2.45) is 0 Å². The summed E-state index contributed by atoms with van der Waals surface area (Å²) < 4.78 is 10.5. The molecule has 0 atom stereocenters. The highest BCUT2D eigenvalue weighted by atomic mass is 16.6. The van der Waals surface area contributed by atoms with Crippen LogP contribution in [-0.4, -0.2) is 11.6 Å². The van der Waals surface area contributed by atoms with E-state index in [-0.39, 0.29) is 0 Å². The zero-order valence-corrected chi connectivity index (χ0v) is 5.70.